The Kier molecular flexibility index (Phi) is 3.06. The number of amidine groups is 1. The fourth-order valence-electron chi connectivity index (χ4n) is 1.31. The number of rotatable bonds is 2. The minimum atomic E-state index is 0.579. The fraction of sp³-hybridized carbons (Fsp3) is 0.300. The summed E-state index contributed by atoms with van der Waals surface area (Å²) in [6.45, 7) is 1.50. The summed E-state index contributed by atoms with van der Waals surface area (Å²) in [5.41, 5.74) is 7.77. The summed E-state index contributed by atoms with van der Waals surface area (Å²) in [7, 11) is 0. The Bertz CT molecular complexity index is 349. The topological polar surface area (TPSA) is 50.4 Å². The number of anilines is 1. The largest absolute Gasteiger partial charge is 0.335 e. The quantitative estimate of drug-likeness (QED) is 0.775. The molecule has 3 nitrogen and oxygen atoms in total. The van der Waals surface area contributed by atoms with Crippen LogP contribution < -0.4 is 11.1 Å². The van der Waals surface area contributed by atoms with Crippen LogP contribution in [0.3, 0.4) is 0 Å². The third-order valence-corrected chi connectivity index (χ3v) is 2.89. The molecule has 0 atom stereocenters. The van der Waals surface area contributed by atoms with Crippen molar-refractivity contribution in [1.82, 2.24) is 0 Å². The summed E-state index contributed by atoms with van der Waals surface area (Å²) in [5.74, 6) is 1.08. The molecule has 0 radical (unpaired) electrons. The number of aliphatic imine (C=N–C) groups is 1. The minimum Gasteiger partial charge on any atom is -0.335 e. The van der Waals surface area contributed by atoms with E-state index in [2.05, 4.69) is 16.4 Å². The van der Waals surface area contributed by atoms with Gasteiger partial charge in [0.15, 0.2) is 5.17 Å². The predicted octanol–water partition coefficient (Wildman–Crippen LogP) is 1.66. The predicted molar refractivity (Wildman–Crippen MR) is 62.7 cm³/mol. The van der Waals surface area contributed by atoms with Crippen LogP contribution in [0.1, 0.15) is 5.56 Å². The highest BCUT2D eigenvalue weighted by Gasteiger charge is 2.06. The first-order valence-electron chi connectivity index (χ1n) is 4.62. The summed E-state index contributed by atoms with van der Waals surface area (Å²) in [4.78, 5) is 4.32. The second-order valence-corrected chi connectivity index (χ2v) is 4.15. The van der Waals surface area contributed by atoms with Crippen molar-refractivity contribution in [1.29, 1.82) is 0 Å². The van der Waals surface area contributed by atoms with Crippen molar-refractivity contribution >= 4 is 22.6 Å². The van der Waals surface area contributed by atoms with Crippen molar-refractivity contribution in [3.8, 4) is 0 Å². The second kappa shape index (κ2) is 4.48. The normalized spacial score (nSPS) is 15.4. The van der Waals surface area contributed by atoms with Crippen molar-refractivity contribution in [3.63, 3.8) is 0 Å². The molecule has 1 aromatic rings. The molecule has 14 heavy (non-hydrogen) atoms. The standard InChI is InChI=1S/C10H13N3S/c11-7-8-2-1-3-9(6-8)13-10-12-4-5-14-10/h1-3,6H,4-5,7,11H2,(H,12,13). The van der Waals surface area contributed by atoms with Crippen LogP contribution in [0.2, 0.25) is 0 Å². The Morgan fingerprint density at radius 2 is 2.43 bits per heavy atom. The highest BCUT2D eigenvalue weighted by Crippen LogP contribution is 2.16. The van der Waals surface area contributed by atoms with Gasteiger partial charge in [0.25, 0.3) is 0 Å². The molecule has 0 unspecified atom stereocenters. The molecule has 0 bridgehead atoms. The molecule has 0 spiro atoms. The van der Waals surface area contributed by atoms with E-state index in [0.29, 0.717) is 6.54 Å². The van der Waals surface area contributed by atoms with E-state index < -0.39 is 0 Å². The Morgan fingerprint density at radius 1 is 1.50 bits per heavy atom. The molecule has 1 aromatic carbocycles. The van der Waals surface area contributed by atoms with Crippen LogP contribution in [0.15, 0.2) is 29.3 Å². The first kappa shape index (κ1) is 9.55. The second-order valence-electron chi connectivity index (χ2n) is 3.06. The first-order chi connectivity index (χ1) is 6.88. The molecule has 2 rings (SSSR count). The Hall–Kier alpha value is -1.00. The van der Waals surface area contributed by atoms with E-state index in [1.54, 1.807) is 11.8 Å². The smallest absolute Gasteiger partial charge is 0.161 e. The zero-order chi connectivity index (χ0) is 9.80. The lowest BCUT2D eigenvalue weighted by atomic mass is 10.2. The van der Waals surface area contributed by atoms with E-state index in [-0.39, 0.29) is 0 Å². The van der Waals surface area contributed by atoms with Crippen LogP contribution in [0.25, 0.3) is 0 Å². The van der Waals surface area contributed by atoms with Gasteiger partial charge in [0.05, 0.1) is 6.54 Å². The van der Waals surface area contributed by atoms with Gasteiger partial charge in [-0.15, -0.1) is 0 Å². The van der Waals surface area contributed by atoms with Gasteiger partial charge in [-0.1, -0.05) is 23.9 Å². The number of hydrogen-bond acceptors (Lipinski definition) is 4. The van der Waals surface area contributed by atoms with Gasteiger partial charge in [-0.25, -0.2) is 0 Å². The summed E-state index contributed by atoms with van der Waals surface area (Å²) < 4.78 is 0. The number of benzene rings is 1. The summed E-state index contributed by atoms with van der Waals surface area (Å²) >= 11 is 1.76. The van der Waals surface area contributed by atoms with Crippen LogP contribution in [0.4, 0.5) is 5.69 Å². The molecule has 4 heteroatoms. The summed E-state index contributed by atoms with van der Waals surface area (Å²) in [6.07, 6.45) is 0. The van der Waals surface area contributed by atoms with Crippen LogP contribution in [0, 0.1) is 0 Å². The van der Waals surface area contributed by atoms with Gasteiger partial charge < -0.3 is 11.1 Å². The number of nitrogens with one attached hydrogen (secondary N) is 1. The van der Waals surface area contributed by atoms with E-state index in [1.165, 1.54) is 0 Å². The Balaban J connectivity index is 2.08. The molecule has 74 valence electrons. The van der Waals surface area contributed by atoms with E-state index >= 15 is 0 Å². The Morgan fingerprint density at radius 3 is 3.14 bits per heavy atom. The zero-order valence-corrected chi connectivity index (χ0v) is 8.68. The molecule has 0 saturated heterocycles. The van der Waals surface area contributed by atoms with E-state index in [9.17, 15) is 0 Å². The lowest BCUT2D eigenvalue weighted by Gasteiger charge is -2.06. The van der Waals surface area contributed by atoms with Crippen molar-refractivity contribution in [2.75, 3.05) is 17.6 Å². The van der Waals surface area contributed by atoms with Crippen LogP contribution in [0.5, 0.6) is 0 Å². The molecule has 0 aliphatic carbocycles. The average Bonchev–Trinajstić information content (AvgIpc) is 2.71. The number of nitrogens with zero attached hydrogens (tertiary/aromatic N) is 1. The number of thioether (sulfide) groups is 1. The van der Waals surface area contributed by atoms with Crippen molar-refractivity contribution in [2.45, 2.75) is 6.54 Å². The number of nitrogens with two attached hydrogens (primary N) is 1. The van der Waals surface area contributed by atoms with Crippen LogP contribution in [-0.4, -0.2) is 17.5 Å². The maximum Gasteiger partial charge on any atom is 0.161 e. The molecule has 0 saturated carbocycles. The number of hydrogen-bond donors (Lipinski definition) is 2. The van der Waals surface area contributed by atoms with E-state index in [1.807, 2.05) is 18.2 Å². The molecule has 3 N–H and O–H groups in total. The molecular weight excluding hydrogens is 194 g/mol. The first-order valence-corrected chi connectivity index (χ1v) is 5.60. The van der Waals surface area contributed by atoms with Gasteiger partial charge in [0.2, 0.25) is 0 Å². The zero-order valence-electron chi connectivity index (χ0n) is 7.86. The third kappa shape index (κ3) is 2.27. The SMILES string of the molecule is NCc1cccc(NC2=NCCS2)c1. The third-order valence-electron chi connectivity index (χ3n) is 2.00. The maximum atomic E-state index is 5.56. The molecule has 0 fully saturated rings. The monoisotopic (exact) mass is 207 g/mol. The van der Waals surface area contributed by atoms with Crippen LogP contribution in [-0.2, 0) is 6.54 Å². The molecule has 1 heterocycles. The Labute approximate surface area is 87.8 Å². The lowest BCUT2D eigenvalue weighted by molar-refractivity contribution is 1.07. The fourth-order valence-corrected chi connectivity index (χ4v) is 2.06. The lowest BCUT2D eigenvalue weighted by Crippen LogP contribution is -2.05. The van der Waals surface area contributed by atoms with E-state index in [4.69, 9.17) is 5.73 Å². The van der Waals surface area contributed by atoms with Crippen molar-refractivity contribution in [3.05, 3.63) is 29.8 Å². The van der Waals surface area contributed by atoms with Crippen molar-refractivity contribution < 1.29 is 0 Å². The molecule has 1 aliphatic heterocycles. The molecule has 1 aliphatic rings. The highest BCUT2D eigenvalue weighted by molar-refractivity contribution is 8.14. The van der Waals surface area contributed by atoms with Gasteiger partial charge in [0, 0.05) is 18.0 Å². The van der Waals surface area contributed by atoms with Gasteiger partial charge in [0.1, 0.15) is 0 Å². The van der Waals surface area contributed by atoms with Gasteiger partial charge in [-0.2, -0.15) is 0 Å². The van der Waals surface area contributed by atoms with Crippen LogP contribution >= 0.6 is 11.8 Å². The van der Waals surface area contributed by atoms with Gasteiger partial charge in [-0.3, -0.25) is 4.99 Å². The minimum absolute atomic E-state index is 0.579. The van der Waals surface area contributed by atoms with Gasteiger partial charge in [-0.05, 0) is 17.7 Å². The van der Waals surface area contributed by atoms with E-state index in [0.717, 1.165) is 28.7 Å². The maximum absolute atomic E-state index is 5.56. The molecular formula is C10H13N3S. The summed E-state index contributed by atoms with van der Waals surface area (Å²) in [5, 5.41) is 4.29. The van der Waals surface area contributed by atoms with Gasteiger partial charge >= 0.3 is 0 Å². The highest BCUT2D eigenvalue weighted by atomic mass is 32.2. The summed E-state index contributed by atoms with van der Waals surface area (Å²) in [6, 6.07) is 8.11. The molecule has 0 amide bonds. The average molecular weight is 207 g/mol. The van der Waals surface area contributed by atoms with Crippen molar-refractivity contribution in [2.24, 2.45) is 10.7 Å². The molecule has 0 aromatic heterocycles.